The number of hydrogen-bond acceptors (Lipinski definition) is 2. The fraction of sp³-hybridized carbons (Fsp3) is 0.462. The molecule has 3 nitrogen and oxygen atoms in total. The van der Waals surface area contributed by atoms with Crippen molar-refractivity contribution in [1.82, 2.24) is 5.32 Å². The molecule has 0 bridgehead atoms. The molecule has 1 amide bonds. The monoisotopic (exact) mass is 345 g/mol. The molecule has 1 aliphatic carbocycles. The fourth-order valence-corrected chi connectivity index (χ4v) is 2.50. The van der Waals surface area contributed by atoms with Gasteiger partial charge in [0.2, 0.25) is 0 Å². The molecule has 0 atom stereocenters. The van der Waals surface area contributed by atoms with Crippen molar-refractivity contribution >= 4 is 28.5 Å². The van der Waals surface area contributed by atoms with Crippen molar-refractivity contribution in [2.45, 2.75) is 31.9 Å². The van der Waals surface area contributed by atoms with E-state index < -0.39 is 0 Å². The molecule has 0 aliphatic heterocycles. The van der Waals surface area contributed by atoms with Gasteiger partial charge in [0.25, 0.3) is 5.91 Å². The number of benzene rings is 1. The highest BCUT2D eigenvalue weighted by Gasteiger charge is 2.30. The van der Waals surface area contributed by atoms with E-state index in [9.17, 15) is 4.79 Å². The Morgan fingerprint density at radius 1 is 1.53 bits per heavy atom. The van der Waals surface area contributed by atoms with Gasteiger partial charge in [0.05, 0.1) is 6.10 Å². The first-order chi connectivity index (χ1) is 8.19. The average molecular weight is 345 g/mol. The third-order valence-electron chi connectivity index (χ3n) is 2.92. The average Bonchev–Trinajstić information content (AvgIpc) is 2.26. The van der Waals surface area contributed by atoms with Crippen LogP contribution < -0.4 is 5.32 Å². The third kappa shape index (κ3) is 3.42. The summed E-state index contributed by atoms with van der Waals surface area (Å²) in [4.78, 5) is 11.9. The van der Waals surface area contributed by atoms with Crippen LogP contribution in [0.1, 0.15) is 30.1 Å². The summed E-state index contributed by atoms with van der Waals surface area (Å²) in [6.45, 7) is 2.75. The minimum absolute atomic E-state index is 0.0171. The van der Waals surface area contributed by atoms with Gasteiger partial charge in [-0.25, -0.2) is 0 Å². The first kappa shape index (κ1) is 12.8. The van der Waals surface area contributed by atoms with E-state index in [-0.39, 0.29) is 11.9 Å². The Hall–Kier alpha value is -0.620. The van der Waals surface area contributed by atoms with Crippen LogP contribution in [0, 0.1) is 3.57 Å². The zero-order valence-corrected chi connectivity index (χ0v) is 11.9. The maximum Gasteiger partial charge on any atom is 0.251 e. The first-order valence-corrected chi connectivity index (χ1v) is 6.95. The van der Waals surface area contributed by atoms with Gasteiger partial charge in [-0.15, -0.1) is 0 Å². The SMILES string of the molecule is CCOC1CC(NC(=O)c2cccc(I)c2)C1. The molecule has 2 rings (SSSR count). The lowest BCUT2D eigenvalue weighted by molar-refractivity contribution is -0.00862. The van der Waals surface area contributed by atoms with Crippen molar-refractivity contribution in [2.75, 3.05) is 6.61 Å². The summed E-state index contributed by atoms with van der Waals surface area (Å²) in [6, 6.07) is 7.90. The van der Waals surface area contributed by atoms with E-state index in [0.29, 0.717) is 6.10 Å². The summed E-state index contributed by atoms with van der Waals surface area (Å²) in [5.41, 5.74) is 0.733. The summed E-state index contributed by atoms with van der Waals surface area (Å²) >= 11 is 2.21. The van der Waals surface area contributed by atoms with Crippen molar-refractivity contribution in [3.8, 4) is 0 Å². The summed E-state index contributed by atoms with van der Waals surface area (Å²) < 4.78 is 6.54. The van der Waals surface area contributed by atoms with Gasteiger partial charge in [-0.3, -0.25) is 4.79 Å². The van der Waals surface area contributed by atoms with Crippen LogP contribution >= 0.6 is 22.6 Å². The molecule has 92 valence electrons. The topological polar surface area (TPSA) is 38.3 Å². The van der Waals surface area contributed by atoms with Crippen LogP contribution in [-0.4, -0.2) is 24.7 Å². The van der Waals surface area contributed by atoms with Crippen molar-refractivity contribution in [2.24, 2.45) is 0 Å². The van der Waals surface area contributed by atoms with Crippen molar-refractivity contribution in [1.29, 1.82) is 0 Å². The van der Waals surface area contributed by atoms with Gasteiger partial charge >= 0.3 is 0 Å². The van der Waals surface area contributed by atoms with Gasteiger partial charge in [0, 0.05) is 21.8 Å². The molecule has 1 saturated carbocycles. The van der Waals surface area contributed by atoms with Crippen molar-refractivity contribution in [3.05, 3.63) is 33.4 Å². The smallest absolute Gasteiger partial charge is 0.251 e. The molecule has 0 saturated heterocycles. The molecule has 1 aromatic carbocycles. The van der Waals surface area contributed by atoms with E-state index in [2.05, 4.69) is 27.9 Å². The first-order valence-electron chi connectivity index (χ1n) is 5.87. The van der Waals surface area contributed by atoms with Crippen LogP contribution in [0.25, 0.3) is 0 Å². The Bertz CT molecular complexity index is 402. The Kier molecular flexibility index (Phi) is 4.39. The second-order valence-corrected chi connectivity index (χ2v) is 5.48. The van der Waals surface area contributed by atoms with Gasteiger partial charge in [0.15, 0.2) is 0 Å². The minimum atomic E-state index is 0.0171. The predicted molar refractivity (Wildman–Crippen MR) is 75.1 cm³/mol. The Morgan fingerprint density at radius 2 is 2.29 bits per heavy atom. The van der Waals surface area contributed by atoms with Gasteiger partial charge in [-0.2, -0.15) is 0 Å². The number of halogens is 1. The molecule has 17 heavy (non-hydrogen) atoms. The molecule has 1 fully saturated rings. The zero-order valence-electron chi connectivity index (χ0n) is 9.78. The Labute approximate surface area is 115 Å². The lowest BCUT2D eigenvalue weighted by Crippen LogP contribution is -2.47. The quantitative estimate of drug-likeness (QED) is 0.852. The van der Waals surface area contributed by atoms with Crippen molar-refractivity contribution in [3.63, 3.8) is 0 Å². The normalized spacial score (nSPS) is 22.9. The van der Waals surface area contributed by atoms with Gasteiger partial charge in [-0.05, 0) is 60.6 Å². The lowest BCUT2D eigenvalue weighted by Gasteiger charge is -2.35. The molecule has 1 aromatic rings. The molecule has 0 aromatic heterocycles. The van der Waals surface area contributed by atoms with Crippen LogP contribution in [0.3, 0.4) is 0 Å². The summed E-state index contributed by atoms with van der Waals surface area (Å²) in [6.07, 6.45) is 2.20. The molecular weight excluding hydrogens is 329 g/mol. The lowest BCUT2D eigenvalue weighted by atomic mass is 9.89. The van der Waals surface area contributed by atoms with Crippen molar-refractivity contribution < 1.29 is 9.53 Å². The number of ether oxygens (including phenoxy) is 1. The number of carbonyl (C=O) groups excluding carboxylic acids is 1. The molecule has 0 spiro atoms. The zero-order chi connectivity index (χ0) is 12.3. The Morgan fingerprint density at radius 3 is 2.94 bits per heavy atom. The largest absolute Gasteiger partial charge is 0.378 e. The van der Waals surface area contributed by atoms with Crippen LogP contribution in [0.4, 0.5) is 0 Å². The second kappa shape index (κ2) is 5.82. The van der Waals surface area contributed by atoms with Gasteiger partial charge in [0.1, 0.15) is 0 Å². The van der Waals surface area contributed by atoms with Gasteiger partial charge < -0.3 is 10.1 Å². The molecule has 1 N–H and O–H groups in total. The number of nitrogens with one attached hydrogen (secondary N) is 1. The molecule has 4 heteroatoms. The Balaban J connectivity index is 1.83. The van der Waals surface area contributed by atoms with E-state index in [1.165, 1.54) is 0 Å². The summed E-state index contributed by atoms with van der Waals surface area (Å²) in [5.74, 6) is 0.0171. The van der Waals surface area contributed by atoms with E-state index in [1.807, 2.05) is 31.2 Å². The second-order valence-electron chi connectivity index (χ2n) is 4.23. The predicted octanol–water partition coefficient (Wildman–Crippen LogP) is 2.59. The molecule has 1 aliphatic rings. The van der Waals surface area contributed by atoms with Crippen LogP contribution in [-0.2, 0) is 4.74 Å². The van der Waals surface area contributed by atoms with E-state index in [1.54, 1.807) is 0 Å². The number of amides is 1. The highest BCUT2D eigenvalue weighted by Crippen LogP contribution is 2.23. The van der Waals surface area contributed by atoms with E-state index >= 15 is 0 Å². The minimum Gasteiger partial charge on any atom is -0.378 e. The van der Waals surface area contributed by atoms with E-state index in [4.69, 9.17) is 4.74 Å². The maximum atomic E-state index is 11.9. The van der Waals surface area contributed by atoms with Crippen LogP contribution in [0.15, 0.2) is 24.3 Å². The fourth-order valence-electron chi connectivity index (χ4n) is 1.95. The summed E-state index contributed by atoms with van der Waals surface area (Å²) in [7, 11) is 0. The molecule has 0 heterocycles. The third-order valence-corrected chi connectivity index (χ3v) is 3.59. The molecule has 0 unspecified atom stereocenters. The number of hydrogen-bond donors (Lipinski definition) is 1. The number of carbonyl (C=O) groups is 1. The van der Waals surface area contributed by atoms with Gasteiger partial charge in [-0.1, -0.05) is 6.07 Å². The highest BCUT2D eigenvalue weighted by atomic mass is 127. The summed E-state index contributed by atoms with van der Waals surface area (Å²) in [5, 5.41) is 3.03. The highest BCUT2D eigenvalue weighted by molar-refractivity contribution is 14.1. The van der Waals surface area contributed by atoms with Crippen LogP contribution in [0.2, 0.25) is 0 Å². The van der Waals surface area contributed by atoms with Crippen LogP contribution in [0.5, 0.6) is 0 Å². The maximum absolute atomic E-state index is 11.9. The number of rotatable bonds is 4. The molecule has 0 radical (unpaired) electrons. The standard InChI is InChI=1S/C13H16INO2/c1-2-17-12-7-11(8-12)15-13(16)9-4-3-5-10(14)6-9/h3-6,11-12H,2,7-8H2,1H3,(H,15,16). The molecular formula is C13H16INO2. The van der Waals surface area contributed by atoms with E-state index in [0.717, 1.165) is 28.6 Å².